The molecular formula is C14H10Cl2INO. The Balaban J connectivity index is 2.01. The van der Waals surface area contributed by atoms with Crippen molar-refractivity contribution in [3.05, 3.63) is 67.2 Å². The molecule has 19 heavy (non-hydrogen) atoms. The van der Waals surface area contributed by atoms with Gasteiger partial charge in [-0.25, -0.2) is 0 Å². The molecule has 0 radical (unpaired) electrons. The van der Waals surface area contributed by atoms with Gasteiger partial charge in [0.1, 0.15) is 0 Å². The predicted molar refractivity (Wildman–Crippen MR) is 86.8 cm³/mol. The van der Waals surface area contributed by atoms with Gasteiger partial charge in [-0.3, -0.25) is 4.79 Å². The molecule has 0 spiro atoms. The van der Waals surface area contributed by atoms with Gasteiger partial charge in [0.2, 0.25) is 0 Å². The van der Waals surface area contributed by atoms with Crippen LogP contribution in [0.1, 0.15) is 15.9 Å². The van der Waals surface area contributed by atoms with E-state index in [1.165, 1.54) is 0 Å². The van der Waals surface area contributed by atoms with E-state index < -0.39 is 0 Å². The van der Waals surface area contributed by atoms with Gasteiger partial charge in [-0.15, -0.1) is 0 Å². The third-order valence-corrected chi connectivity index (χ3v) is 4.37. The number of hydrogen-bond donors (Lipinski definition) is 1. The zero-order valence-corrected chi connectivity index (χ0v) is 13.5. The molecule has 0 saturated carbocycles. The van der Waals surface area contributed by atoms with Gasteiger partial charge < -0.3 is 5.32 Å². The Kier molecular flexibility index (Phi) is 5.07. The first kappa shape index (κ1) is 14.6. The number of carbonyl (C=O) groups excluding carboxylic acids is 1. The molecule has 0 aliphatic heterocycles. The molecule has 0 atom stereocenters. The van der Waals surface area contributed by atoms with Crippen molar-refractivity contribution in [2.75, 3.05) is 0 Å². The molecule has 98 valence electrons. The molecule has 0 aliphatic carbocycles. The Morgan fingerprint density at radius 3 is 2.42 bits per heavy atom. The zero-order chi connectivity index (χ0) is 13.8. The van der Waals surface area contributed by atoms with Gasteiger partial charge in [-0.1, -0.05) is 35.3 Å². The lowest BCUT2D eigenvalue weighted by molar-refractivity contribution is 0.0951. The smallest absolute Gasteiger partial charge is 0.251 e. The molecule has 2 rings (SSSR count). The molecule has 0 fully saturated rings. The fourth-order valence-electron chi connectivity index (χ4n) is 1.52. The second-order valence-corrected chi connectivity index (χ2v) is 5.94. The van der Waals surface area contributed by atoms with Gasteiger partial charge in [0.25, 0.3) is 5.91 Å². The van der Waals surface area contributed by atoms with Crippen molar-refractivity contribution in [1.29, 1.82) is 0 Å². The molecule has 5 heteroatoms. The van der Waals surface area contributed by atoms with E-state index in [1.54, 1.807) is 24.3 Å². The monoisotopic (exact) mass is 405 g/mol. The van der Waals surface area contributed by atoms with Gasteiger partial charge in [0, 0.05) is 20.7 Å². The molecule has 0 heterocycles. The van der Waals surface area contributed by atoms with Crippen LogP contribution in [0.5, 0.6) is 0 Å². The standard InChI is InChI=1S/C14H10Cl2INO/c15-11-4-1-9(2-5-11)8-18-14(19)10-3-6-13(17)12(16)7-10/h1-7H,8H2,(H,18,19). The van der Waals surface area contributed by atoms with Gasteiger partial charge in [0.15, 0.2) is 0 Å². The molecule has 1 amide bonds. The van der Waals surface area contributed by atoms with E-state index in [4.69, 9.17) is 23.2 Å². The molecule has 2 nitrogen and oxygen atoms in total. The lowest BCUT2D eigenvalue weighted by atomic mass is 10.2. The summed E-state index contributed by atoms with van der Waals surface area (Å²) in [6, 6.07) is 12.6. The van der Waals surface area contributed by atoms with Crippen molar-refractivity contribution >= 4 is 51.7 Å². The normalized spacial score (nSPS) is 10.3. The van der Waals surface area contributed by atoms with E-state index in [1.807, 2.05) is 18.2 Å². The maximum atomic E-state index is 12.0. The molecule has 0 aliphatic rings. The minimum Gasteiger partial charge on any atom is -0.348 e. The fourth-order valence-corrected chi connectivity index (χ4v) is 2.17. The van der Waals surface area contributed by atoms with Crippen molar-refractivity contribution in [3.8, 4) is 0 Å². The minimum atomic E-state index is -0.145. The summed E-state index contributed by atoms with van der Waals surface area (Å²) in [4.78, 5) is 12.0. The summed E-state index contributed by atoms with van der Waals surface area (Å²) in [5, 5.41) is 4.10. The van der Waals surface area contributed by atoms with Crippen LogP contribution in [0.4, 0.5) is 0 Å². The summed E-state index contributed by atoms with van der Waals surface area (Å²) >= 11 is 13.9. The Morgan fingerprint density at radius 1 is 1.11 bits per heavy atom. The number of halogens is 3. The van der Waals surface area contributed by atoms with Crippen LogP contribution in [0.25, 0.3) is 0 Å². The third kappa shape index (κ3) is 4.09. The van der Waals surface area contributed by atoms with Crippen LogP contribution in [-0.2, 0) is 6.54 Å². The summed E-state index contributed by atoms with van der Waals surface area (Å²) in [7, 11) is 0. The third-order valence-electron chi connectivity index (χ3n) is 2.55. The topological polar surface area (TPSA) is 29.1 Å². The van der Waals surface area contributed by atoms with Gasteiger partial charge in [-0.2, -0.15) is 0 Å². The van der Waals surface area contributed by atoms with Crippen molar-refractivity contribution < 1.29 is 4.79 Å². The summed E-state index contributed by atoms with van der Waals surface area (Å²) in [5.74, 6) is -0.145. The van der Waals surface area contributed by atoms with Crippen molar-refractivity contribution in [2.45, 2.75) is 6.54 Å². The van der Waals surface area contributed by atoms with E-state index in [-0.39, 0.29) is 5.91 Å². The van der Waals surface area contributed by atoms with Crippen LogP contribution < -0.4 is 5.32 Å². The van der Waals surface area contributed by atoms with Crippen molar-refractivity contribution in [2.24, 2.45) is 0 Å². The molecule has 0 aromatic heterocycles. The molecule has 0 bridgehead atoms. The number of benzene rings is 2. The Bertz CT molecular complexity index is 599. The zero-order valence-electron chi connectivity index (χ0n) is 9.79. The molecule has 0 saturated heterocycles. The maximum absolute atomic E-state index is 12.0. The number of rotatable bonds is 3. The van der Waals surface area contributed by atoms with Gasteiger partial charge in [0.05, 0.1) is 5.02 Å². The summed E-state index contributed by atoms with van der Waals surface area (Å²) in [6.45, 7) is 0.458. The number of amides is 1. The summed E-state index contributed by atoms with van der Waals surface area (Å²) in [5.41, 5.74) is 1.55. The van der Waals surface area contributed by atoms with Gasteiger partial charge in [-0.05, 0) is 58.5 Å². The first-order valence-corrected chi connectivity index (χ1v) is 7.37. The van der Waals surface area contributed by atoms with Crippen LogP contribution >= 0.6 is 45.8 Å². The number of hydrogen-bond acceptors (Lipinski definition) is 1. The Morgan fingerprint density at radius 2 is 1.79 bits per heavy atom. The second kappa shape index (κ2) is 6.59. The van der Waals surface area contributed by atoms with Crippen LogP contribution in [0.3, 0.4) is 0 Å². The quantitative estimate of drug-likeness (QED) is 0.747. The van der Waals surface area contributed by atoms with Crippen molar-refractivity contribution in [3.63, 3.8) is 0 Å². The molecule has 0 unspecified atom stereocenters. The molecule has 1 N–H and O–H groups in total. The first-order valence-electron chi connectivity index (χ1n) is 5.54. The van der Waals surface area contributed by atoms with E-state index in [2.05, 4.69) is 27.9 Å². The average molecular weight is 406 g/mol. The van der Waals surface area contributed by atoms with E-state index >= 15 is 0 Å². The van der Waals surface area contributed by atoms with Crippen LogP contribution in [0.15, 0.2) is 42.5 Å². The minimum absolute atomic E-state index is 0.145. The second-order valence-electron chi connectivity index (χ2n) is 3.94. The molecular weight excluding hydrogens is 396 g/mol. The van der Waals surface area contributed by atoms with E-state index in [0.29, 0.717) is 22.2 Å². The SMILES string of the molecule is O=C(NCc1ccc(Cl)cc1)c1ccc(I)c(Cl)c1. The fraction of sp³-hybridized carbons (Fsp3) is 0.0714. The highest BCUT2D eigenvalue weighted by Gasteiger charge is 2.07. The van der Waals surface area contributed by atoms with E-state index in [0.717, 1.165) is 9.13 Å². The number of nitrogens with one attached hydrogen (secondary N) is 1. The first-order chi connectivity index (χ1) is 9.06. The van der Waals surface area contributed by atoms with Gasteiger partial charge >= 0.3 is 0 Å². The van der Waals surface area contributed by atoms with Crippen LogP contribution in [-0.4, -0.2) is 5.91 Å². The van der Waals surface area contributed by atoms with Crippen molar-refractivity contribution in [1.82, 2.24) is 5.32 Å². The lowest BCUT2D eigenvalue weighted by Gasteiger charge is -2.06. The lowest BCUT2D eigenvalue weighted by Crippen LogP contribution is -2.22. The van der Waals surface area contributed by atoms with Crippen LogP contribution in [0, 0.1) is 3.57 Å². The maximum Gasteiger partial charge on any atom is 0.251 e. The molecule has 2 aromatic carbocycles. The average Bonchev–Trinajstić information content (AvgIpc) is 2.41. The highest BCUT2D eigenvalue weighted by Crippen LogP contribution is 2.19. The van der Waals surface area contributed by atoms with E-state index in [9.17, 15) is 4.79 Å². The highest BCUT2D eigenvalue weighted by atomic mass is 127. The number of carbonyl (C=O) groups is 1. The largest absolute Gasteiger partial charge is 0.348 e. The highest BCUT2D eigenvalue weighted by molar-refractivity contribution is 14.1. The van der Waals surface area contributed by atoms with Crippen LogP contribution in [0.2, 0.25) is 10.0 Å². The Hall–Kier alpha value is -0.780. The predicted octanol–water partition coefficient (Wildman–Crippen LogP) is 4.53. The summed E-state index contributed by atoms with van der Waals surface area (Å²) < 4.78 is 0.925. The summed E-state index contributed by atoms with van der Waals surface area (Å²) in [6.07, 6.45) is 0. The Labute approximate surface area is 135 Å². The molecule has 2 aromatic rings.